The molecule has 0 spiro atoms. The Balaban J connectivity index is 2.80. The van der Waals surface area contributed by atoms with Crippen LogP contribution in [-0.4, -0.2) is 13.7 Å². The van der Waals surface area contributed by atoms with Crippen LogP contribution in [-0.2, 0) is 10.0 Å². The van der Waals surface area contributed by atoms with Gasteiger partial charge in [-0.1, -0.05) is 13.0 Å². The van der Waals surface area contributed by atoms with Gasteiger partial charge in [0.1, 0.15) is 4.24 Å². The van der Waals surface area contributed by atoms with Gasteiger partial charge in [0.25, 0.3) is 0 Å². The summed E-state index contributed by atoms with van der Waals surface area (Å²) in [6.07, 6.45) is 2.47. The molecule has 2 N–H and O–H groups in total. The molecule has 1 aliphatic rings. The minimum Gasteiger partial charge on any atom is -0.224 e. The average Bonchev–Trinajstić information content (AvgIpc) is 2.11. The third-order valence-electron chi connectivity index (χ3n) is 1.21. The molecule has 0 saturated heterocycles. The molecular formula is C5H9NO2S2. The monoisotopic (exact) mass is 179 g/mol. The molecule has 0 radical (unpaired) electrons. The fourth-order valence-corrected chi connectivity index (χ4v) is 2.88. The number of allylic oxidation sites excluding steroid dienone is 1. The molecule has 0 aliphatic carbocycles. The normalized spacial score (nSPS) is 26.6. The number of sulfonamides is 1. The van der Waals surface area contributed by atoms with Crippen molar-refractivity contribution in [3.05, 3.63) is 10.3 Å². The highest BCUT2D eigenvalue weighted by atomic mass is 32.3. The maximum atomic E-state index is 10.7. The maximum absolute atomic E-state index is 10.7. The Labute approximate surface area is 64.7 Å². The quantitative estimate of drug-likeness (QED) is 0.642. The van der Waals surface area contributed by atoms with Crippen molar-refractivity contribution in [1.82, 2.24) is 0 Å². The van der Waals surface area contributed by atoms with E-state index in [4.69, 9.17) is 5.14 Å². The van der Waals surface area contributed by atoms with Crippen molar-refractivity contribution in [3.8, 4) is 0 Å². The predicted octanol–water partition coefficient (Wildman–Crippen LogP) is 0.642. The number of primary sulfonamides is 1. The van der Waals surface area contributed by atoms with E-state index in [0.717, 1.165) is 6.42 Å². The molecule has 0 amide bonds. The van der Waals surface area contributed by atoms with Crippen molar-refractivity contribution in [2.45, 2.75) is 18.6 Å². The van der Waals surface area contributed by atoms with Gasteiger partial charge in [0.2, 0.25) is 10.0 Å². The molecule has 1 heterocycles. The summed E-state index contributed by atoms with van der Waals surface area (Å²) in [7, 11) is -3.41. The number of rotatable bonds is 1. The van der Waals surface area contributed by atoms with E-state index < -0.39 is 10.0 Å². The number of hydrogen-bond donors (Lipinski definition) is 1. The number of hydrogen-bond acceptors (Lipinski definition) is 3. The lowest BCUT2D eigenvalue weighted by Gasteiger charge is -1.99. The molecule has 1 atom stereocenters. The first-order chi connectivity index (χ1) is 4.50. The third-order valence-corrected chi connectivity index (χ3v) is 3.92. The Morgan fingerprint density at radius 1 is 1.80 bits per heavy atom. The summed E-state index contributed by atoms with van der Waals surface area (Å²) >= 11 is 1.32. The third kappa shape index (κ3) is 1.74. The lowest BCUT2D eigenvalue weighted by atomic mass is 10.3. The van der Waals surface area contributed by atoms with E-state index in [-0.39, 0.29) is 0 Å². The molecule has 0 saturated carbocycles. The Kier molecular flexibility index (Phi) is 2.07. The SMILES string of the molecule is C[C@@H]1CC=C(S(N)(=O)=O)S1. The van der Waals surface area contributed by atoms with Gasteiger partial charge in [0.05, 0.1) is 0 Å². The zero-order chi connectivity index (χ0) is 7.78. The van der Waals surface area contributed by atoms with Crippen LogP contribution in [0.4, 0.5) is 0 Å². The molecule has 0 unspecified atom stereocenters. The Hall–Kier alpha value is -0.000000000000000111. The minimum absolute atomic E-state index is 0.319. The van der Waals surface area contributed by atoms with Gasteiger partial charge in [-0.3, -0.25) is 0 Å². The lowest BCUT2D eigenvalue weighted by Crippen LogP contribution is -2.11. The second kappa shape index (κ2) is 2.56. The molecule has 1 rings (SSSR count). The van der Waals surface area contributed by atoms with E-state index in [1.807, 2.05) is 6.92 Å². The molecule has 0 aromatic heterocycles. The minimum atomic E-state index is -3.41. The van der Waals surface area contributed by atoms with Gasteiger partial charge < -0.3 is 0 Å². The highest BCUT2D eigenvalue weighted by Gasteiger charge is 2.21. The van der Waals surface area contributed by atoms with Gasteiger partial charge in [0.15, 0.2) is 0 Å². The number of nitrogens with two attached hydrogens (primary N) is 1. The highest BCUT2D eigenvalue weighted by Crippen LogP contribution is 2.33. The van der Waals surface area contributed by atoms with Crippen molar-refractivity contribution in [2.24, 2.45) is 5.14 Å². The maximum Gasteiger partial charge on any atom is 0.243 e. The first-order valence-corrected chi connectivity index (χ1v) is 5.32. The van der Waals surface area contributed by atoms with E-state index in [1.165, 1.54) is 11.8 Å². The van der Waals surface area contributed by atoms with Crippen molar-refractivity contribution >= 4 is 21.8 Å². The molecule has 5 heteroatoms. The van der Waals surface area contributed by atoms with Crippen LogP contribution >= 0.6 is 11.8 Å². The standard InChI is InChI=1S/C5H9NO2S2/c1-4-2-3-5(9-4)10(6,7)8/h3-4H,2H2,1H3,(H2,6,7,8)/t4-/m1/s1. The van der Waals surface area contributed by atoms with Crippen LogP contribution in [0.15, 0.2) is 10.3 Å². The summed E-state index contributed by atoms with van der Waals surface area (Å²) in [5, 5.41) is 5.24. The molecule has 58 valence electrons. The van der Waals surface area contributed by atoms with Crippen LogP contribution in [0.25, 0.3) is 0 Å². The van der Waals surface area contributed by atoms with Crippen molar-refractivity contribution < 1.29 is 8.42 Å². The van der Waals surface area contributed by atoms with Crippen molar-refractivity contribution in [1.29, 1.82) is 0 Å². The Morgan fingerprint density at radius 2 is 2.40 bits per heavy atom. The van der Waals surface area contributed by atoms with Crippen LogP contribution in [0, 0.1) is 0 Å². The lowest BCUT2D eigenvalue weighted by molar-refractivity contribution is 0.605. The summed E-state index contributed by atoms with van der Waals surface area (Å²) in [4.78, 5) is 0. The fourth-order valence-electron chi connectivity index (χ4n) is 0.740. The van der Waals surface area contributed by atoms with E-state index in [0.29, 0.717) is 9.49 Å². The molecule has 3 nitrogen and oxygen atoms in total. The molecule has 0 aromatic carbocycles. The molecular weight excluding hydrogens is 170 g/mol. The van der Waals surface area contributed by atoms with Crippen LogP contribution in [0.3, 0.4) is 0 Å². The second-order valence-electron chi connectivity index (χ2n) is 2.23. The van der Waals surface area contributed by atoms with E-state index in [2.05, 4.69) is 0 Å². The molecule has 1 aliphatic heterocycles. The number of thioether (sulfide) groups is 1. The van der Waals surface area contributed by atoms with Crippen molar-refractivity contribution in [3.63, 3.8) is 0 Å². The summed E-state index contributed by atoms with van der Waals surface area (Å²) in [6, 6.07) is 0. The van der Waals surface area contributed by atoms with Gasteiger partial charge in [-0.15, -0.1) is 11.8 Å². The van der Waals surface area contributed by atoms with Gasteiger partial charge in [-0.25, -0.2) is 13.6 Å². The van der Waals surface area contributed by atoms with Gasteiger partial charge in [-0.2, -0.15) is 0 Å². The summed E-state index contributed by atoms with van der Waals surface area (Å²) in [5.41, 5.74) is 0. The zero-order valence-corrected chi connectivity index (χ0v) is 7.21. The first kappa shape index (κ1) is 8.10. The molecule has 10 heavy (non-hydrogen) atoms. The van der Waals surface area contributed by atoms with E-state index >= 15 is 0 Å². The van der Waals surface area contributed by atoms with E-state index in [1.54, 1.807) is 6.08 Å². The smallest absolute Gasteiger partial charge is 0.224 e. The van der Waals surface area contributed by atoms with Gasteiger partial charge in [0, 0.05) is 5.25 Å². The largest absolute Gasteiger partial charge is 0.243 e. The topological polar surface area (TPSA) is 60.2 Å². The van der Waals surface area contributed by atoms with Gasteiger partial charge in [-0.05, 0) is 6.42 Å². The molecule has 0 fully saturated rings. The average molecular weight is 179 g/mol. The predicted molar refractivity (Wildman–Crippen MR) is 42.9 cm³/mol. The zero-order valence-electron chi connectivity index (χ0n) is 5.57. The second-order valence-corrected chi connectivity index (χ2v) is 5.50. The Morgan fingerprint density at radius 3 is 2.60 bits per heavy atom. The molecule has 0 aromatic rings. The van der Waals surface area contributed by atoms with Crippen LogP contribution in [0.2, 0.25) is 0 Å². The Bertz CT molecular complexity index is 255. The van der Waals surface area contributed by atoms with E-state index in [9.17, 15) is 8.42 Å². The van der Waals surface area contributed by atoms with Crippen molar-refractivity contribution in [2.75, 3.05) is 0 Å². The molecule has 0 bridgehead atoms. The summed E-state index contributed by atoms with van der Waals surface area (Å²) < 4.78 is 21.7. The highest BCUT2D eigenvalue weighted by molar-refractivity contribution is 8.18. The fraction of sp³-hybridized carbons (Fsp3) is 0.600. The summed E-state index contributed by atoms with van der Waals surface area (Å²) in [5.74, 6) is 0. The van der Waals surface area contributed by atoms with Gasteiger partial charge >= 0.3 is 0 Å². The van der Waals surface area contributed by atoms with Crippen LogP contribution < -0.4 is 5.14 Å². The summed E-state index contributed by atoms with van der Waals surface area (Å²) in [6.45, 7) is 1.97. The first-order valence-electron chi connectivity index (χ1n) is 2.90. The van der Waals surface area contributed by atoms with Crippen LogP contribution in [0.5, 0.6) is 0 Å². The van der Waals surface area contributed by atoms with Crippen LogP contribution in [0.1, 0.15) is 13.3 Å².